The predicted molar refractivity (Wildman–Crippen MR) is 135 cm³/mol. The molecule has 0 fully saturated rings. The van der Waals surface area contributed by atoms with Gasteiger partial charge >= 0.3 is 11.9 Å². The largest absolute Gasteiger partial charge is 0.497 e. The van der Waals surface area contributed by atoms with Gasteiger partial charge < -0.3 is 24.0 Å². The number of fused-ring (bicyclic) bond motifs is 1. The van der Waals surface area contributed by atoms with Crippen molar-refractivity contribution in [2.45, 2.75) is 36.5 Å². The van der Waals surface area contributed by atoms with Gasteiger partial charge in [-0.3, -0.25) is 9.59 Å². The molecule has 0 N–H and O–H groups in total. The normalized spacial score (nSPS) is 17.5. The Kier molecular flexibility index (Phi) is 9.17. The van der Waals surface area contributed by atoms with Crippen LogP contribution in [0.15, 0.2) is 47.4 Å². The van der Waals surface area contributed by atoms with E-state index in [0.29, 0.717) is 36.7 Å². The van der Waals surface area contributed by atoms with E-state index in [1.54, 1.807) is 42.3 Å². The van der Waals surface area contributed by atoms with Crippen molar-refractivity contribution in [2.75, 3.05) is 45.8 Å². The summed E-state index contributed by atoms with van der Waals surface area (Å²) < 4.78 is 16.2. The fraction of sp³-hybridized carbons (Fsp3) is 0.423. The molecule has 0 spiro atoms. The van der Waals surface area contributed by atoms with Crippen LogP contribution >= 0.6 is 11.8 Å². The third kappa shape index (κ3) is 6.55. The zero-order chi connectivity index (χ0) is 25.5. The zero-order valence-electron chi connectivity index (χ0n) is 20.8. The lowest BCUT2D eigenvalue weighted by atomic mass is 10.1. The van der Waals surface area contributed by atoms with Gasteiger partial charge in [0.15, 0.2) is 6.10 Å². The van der Waals surface area contributed by atoms with Crippen LogP contribution in [0.5, 0.6) is 5.75 Å². The van der Waals surface area contributed by atoms with E-state index in [-0.39, 0.29) is 5.91 Å². The second kappa shape index (κ2) is 12.1. The van der Waals surface area contributed by atoms with Crippen molar-refractivity contribution in [3.8, 4) is 5.75 Å². The second-order valence-electron chi connectivity index (χ2n) is 8.45. The smallest absolute Gasteiger partial charge is 0.338 e. The van der Waals surface area contributed by atoms with E-state index in [1.807, 2.05) is 38.1 Å². The highest BCUT2D eigenvalue weighted by molar-refractivity contribution is 7.99. The quantitative estimate of drug-likeness (QED) is 0.479. The predicted octanol–water partition coefficient (Wildman–Crippen LogP) is 3.94. The second-order valence-corrected chi connectivity index (χ2v) is 9.64. The summed E-state index contributed by atoms with van der Waals surface area (Å²) in [4.78, 5) is 42.8. The Balaban J connectivity index is 2.11. The van der Waals surface area contributed by atoms with E-state index in [4.69, 9.17) is 14.2 Å². The number of hydrogen-bond acceptors (Lipinski definition) is 8. The van der Waals surface area contributed by atoms with Crippen molar-refractivity contribution >= 4 is 35.3 Å². The highest BCUT2D eigenvalue weighted by Gasteiger charge is 2.41. The number of methoxy groups -OCH3 is 1. The number of rotatable bonds is 9. The molecule has 9 heteroatoms. The Morgan fingerprint density at radius 3 is 2.43 bits per heavy atom. The highest BCUT2D eigenvalue weighted by Crippen LogP contribution is 2.47. The lowest BCUT2D eigenvalue weighted by molar-refractivity contribution is -0.152. The number of carbonyl (C=O) groups excluding carboxylic acids is 3. The molecule has 0 radical (unpaired) electrons. The van der Waals surface area contributed by atoms with E-state index < -0.39 is 23.3 Å². The Hall–Kier alpha value is -3.04. The number of nitrogens with zero attached hydrogens (tertiary/aromatic N) is 2. The number of likely N-dealkylation sites (N-methyl/N-ethyl adjacent to an activating group) is 1. The number of esters is 2. The molecule has 8 nitrogen and oxygen atoms in total. The maximum atomic E-state index is 13.8. The number of amides is 1. The first-order valence-electron chi connectivity index (χ1n) is 11.5. The maximum absolute atomic E-state index is 13.8. The molecule has 35 heavy (non-hydrogen) atoms. The molecule has 2 aromatic carbocycles. The maximum Gasteiger partial charge on any atom is 0.338 e. The first-order chi connectivity index (χ1) is 16.7. The summed E-state index contributed by atoms with van der Waals surface area (Å²) >= 11 is 1.39. The van der Waals surface area contributed by atoms with E-state index >= 15 is 0 Å². The third-order valence-corrected chi connectivity index (χ3v) is 6.82. The average Bonchev–Trinajstić information content (AvgIpc) is 2.95. The fourth-order valence-electron chi connectivity index (χ4n) is 3.70. The van der Waals surface area contributed by atoms with Crippen LogP contribution in [0.3, 0.4) is 0 Å². The molecule has 0 aliphatic carbocycles. The van der Waals surface area contributed by atoms with Crippen molar-refractivity contribution in [1.82, 2.24) is 4.90 Å². The van der Waals surface area contributed by atoms with Crippen LogP contribution in [-0.2, 0) is 19.1 Å². The summed E-state index contributed by atoms with van der Waals surface area (Å²) in [5.41, 5.74) is 1.88. The molecule has 1 aliphatic heterocycles. The molecule has 1 heterocycles. The van der Waals surface area contributed by atoms with Gasteiger partial charge in [-0.25, -0.2) is 4.79 Å². The zero-order valence-corrected chi connectivity index (χ0v) is 21.6. The molecule has 3 rings (SSSR count). The minimum atomic E-state index is -1.05. The van der Waals surface area contributed by atoms with E-state index in [1.165, 1.54) is 18.7 Å². The van der Waals surface area contributed by atoms with Gasteiger partial charge in [0.25, 0.3) is 5.91 Å². The van der Waals surface area contributed by atoms with Crippen molar-refractivity contribution in [1.29, 1.82) is 0 Å². The van der Waals surface area contributed by atoms with Gasteiger partial charge in [0.2, 0.25) is 0 Å². The molecule has 188 valence electrons. The molecule has 1 aliphatic rings. The van der Waals surface area contributed by atoms with Crippen LogP contribution in [0.25, 0.3) is 0 Å². The van der Waals surface area contributed by atoms with Gasteiger partial charge in [-0.05, 0) is 56.4 Å². The van der Waals surface area contributed by atoms with E-state index in [2.05, 4.69) is 0 Å². The first kappa shape index (κ1) is 26.6. The Labute approximate surface area is 210 Å². The minimum absolute atomic E-state index is 0.310. The summed E-state index contributed by atoms with van der Waals surface area (Å²) in [5, 5.41) is -0.526. The Morgan fingerprint density at radius 2 is 1.83 bits per heavy atom. The molecule has 1 amide bonds. The molecule has 0 bridgehead atoms. The van der Waals surface area contributed by atoms with Crippen molar-refractivity contribution in [2.24, 2.45) is 0 Å². The van der Waals surface area contributed by atoms with Gasteiger partial charge in [-0.2, -0.15) is 0 Å². The lowest BCUT2D eigenvalue weighted by Crippen LogP contribution is -2.45. The van der Waals surface area contributed by atoms with Crippen LogP contribution in [0.4, 0.5) is 5.69 Å². The summed E-state index contributed by atoms with van der Waals surface area (Å²) in [5.74, 6) is -0.583. The van der Waals surface area contributed by atoms with Gasteiger partial charge in [-0.1, -0.05) is 19.1 Å². The molecule has 2 unspecified atom stereocenters. The van der Waals surface area contributed by atoms with Crippen LogP contribution < -0.4 is 9.64 Å². The first-order valence-corrected chi connectivity index (χ1v) is 12.4. The van der Waals surface area contributed by atoms with Crippen LogP contribution in [0.1, 0.15) is 41.4 Å². The number of carbonyl (C=O) groups is 3. The molecule has 2 aromatic rings. The molecular weight excluding hydrogens is 468 g/mol. The molecular formula is C26H32N2O6S. The van der Waals surface area contributed by atoms with Gasteiger partial charge in [0.1, 0.15) is 5.75 Å². The number of ether oxygens (including phenoxy) is 3. The molecule has 2 atom stereocenters. The number of benzene rings is 2. The minimum Gasteiger partial charge on any atom is -0.497 e. The summed E-state index contributed by atoms with van der Waals surface area (Å²) in [7, 11) is 5.43. The van der Waals surface area contributed by atoms with Gasteiger partial charge in [-0.15, -0.1) is 11.8 Å². The monoisotopic (exact) mass is 500 g/mol. The summed E-state index contributed by atoms with van der Waals surface area (Å²) in [6.45, 7) is 4.57. The Bertz CT molecular complexity index is 1060. The number of thioether (sulfide) groups is 1. The topological polar surface area (TPSA) is 85.4 Å². The molecule has 0 saturated heterocycles. The van der Waals surface area contributed by atoms with Crippen molar-refractivity contribution < 1.29 is 28.6 Å². The van der Waals surface area contributed by atoms with Crippen molar-refractivity contribution in [3.05, 3.63) is 53.6 Å². The van der Waals surface area contributed by atoms with Crippen LogP contribution in [0, 0.1) is 0 Å². The number of anilines is 1. The van der Waals surface area contributed by atoms with Crippen molar-refractivity contribution in [3.63, 3.8) is 0 Å². The summed E-state index contributed by atoms with van der Waals surface area (Å²) in [6, 6.07) is 12.5. The van der Waals surface area contributed by atoms with Crippen LogP contribution in [-0.4, -0.2) is 69.8 Å². The van der Waals surface area contributed by atoms with E-state index in [0.717, 1.165) is 16.9 Å². The summed E-state index contributed by atoms with van der Waals surface area (Å²) in [6.07, 6.45) is -0.321. The lowest BCUT2D eigenvalue weighted by Gasteiger charge is -2.28. The van der Waals surface area contributed by atoms with E-state index in [9.17, 15) is 14.4 Å². The average molecular weight is 501 g/mol. The highest BCUT2D eigenvalue weighted by atomic mass is 32.2. The van der Waals surface area contributed by atoms with Crippen LogP contribution in [0.2, 0.25) is 0 Å². The SMILES string of the molecule is CCCOC(=O)c1ccc2c(c1)SC(c1ccc(OC)cc1)C(OC(C)=O)C(=O)N2CCN(C)C. The Morgan fingerprint density at radius 1 is 1.11 bits per heavy atom. The molecule has 0 aromatic heterocycles. The molecule has 0 saturated carbocycles. The van der Waals surface area contributed by atoms with Gasteiger partial charge in [0.05, 0.1) is 30.2 Å². The van der Waals surface area contributed by atoms with Gasteiger partial charge in [0, 0.05) is 24.9 Å². The fourth-order valence-corrected chi connectivity index (χ4v) is 5.05. The number of hydrogen-bond donors (Lipinski definition) is 0. The third-order valence-electron chi connectivity index (χ3n) is 5.47. The standard InChI is InChI=1S/C26H32N2O6S/c1-6-15-33-26(31)19-9-12-21-22(16-19)35-24(18-7-10-20(32-5)11-8-18)23(34-17(2)29)25(30)28(21)14-13-27(3)4/h7-12,16,23-24H,6,13-15H2,1-5H3.